The maximum Gasteiger partial charge on any atom is 0.336 e. The summed E-state index contributed by atoms with van der Waals surface area (Å²) in [5.74, 6) is 0. The van der Waals surface area contributed by atoms with Gasteiger partial charge in [-0.25, -0.2) is 4.79 Å². The van der Waals surface area contributed by atoms with Crippen LogP contribution in [0.2, 0.25) is 0 Å². The molecule has 2 heteroatoms. The van der Waals surface area contributed by atoms with Gasteiger partial charge >= 0.3 is 5.63 Å². The standard InChI is InChI=1S/C18H14O2/c1-2-13-3-5-14(6-4-13)11-15-7-9-17-16(12-15)8-10-18(19)20-17/h2-10,12H,1,11H2. The third-order valence-electron chi connectivity index (χ3n) is 3.31. The van der Waals surface area contributed by atoms with E-state index in [1.807, 2.05) is 18.2 Å². The molecule has 0 amide bonds. The Morgan fingerprint density at radius 2 is 1.70 bits per heavy atom. The van der Waals surface area contributed by atoms with Crippen LogP contribution < -0.4 is 5.63 Å². The predicted octanol–water partition coefficient (Wildman–Crippen LogP) is 4.03. The minimum Gasteiger partial charge on any atom is -0.423 e. The van der Waals surface area contributed by atoms with E-state index in [0.717, 1.165) is 17.4 Å². The molecular formula is C18H14O2. The Hall–Kier alpha value is -2.61. The molecule has 0 radical (unpaired) electrons. The van der Waals surface area contributed by atoms with Gasteiger partial charge in [-0.1, -0.05) is 43.0 Å². The molecule has 98 valence electrons. The first-order valence-corrected chi connectivity index (χ1v) is 6.49. The summed E-state index contributed by atoms with van der Waals surface area (Å²) in [5.41, 5.74) is 3.87. The Labute approximate surface area is 117 Å². The molecule has 3 aromatic rings. The van der Waals surface area contributed by atoms with Crippen molar-refractivity contribution in [2.45, 2.75) is 6.42 Å². The lowest BCUT2D eigenvalue weighted by Gasteiger charge is -2.04. The second-order valence-electron chi connectivity index (χ2n) is 4.75. The lowest BCUT2D eigenvalue weighted by Crippen LogP contribution is -1.95. The topological polar surface area (TPSA) is 30.2 Å². The van der Waals surface area contributed by atoms with Crippen LogP contribution in [0.4, 0.5) is 0 Å². The van der Waals surface area contributed by atoms with Crippen LogP contribution in [0.15, 0.2) is 70.4 Å². The highest BCUT2D eigenvalue weighted by Gasteiger charge is 2.01. The molecule has 1 aromatic heterocycles. The van der Waals surface area contributed by atoms with Gasteiger partial charge in [-0.05, 0) is 41.3 Å². The van der Waals surface area contributed by atoms with Gasteiger partial charge in [-0.3, -0.25) is 0 Å². The van der Waals surface area contributed by atoms with Gasteiger partial charge in [0.2, 0.25) is 0 Å². The predicted molar refractivity (Wildman–Crippen MR) is 81.8 cm³/mol. The lowest BCUT2D eigenvalue weighted by molar-refractivity contribution is 0.561. The average molecular weight is 262 g/mol. The van der Waals surface area contributed by atoms with Crippen molar-refractivity contribution in [2.75, 3.05) is 0 Å². The summed E-state index contributed by atoms with van der Waals surface area (Å²) in [6, 6.07) is 17.5. The molecule has 0 fully saturated rings. The summed E-state index contributed by atoms with van der Waals surface area (Å²) in [7, 11) is 0. The summed E-state index contributed by atoms with van der Waals surface area (Å²) in [5, 5.41) is 0.949. The van der Waals surface area contributed by atoms with Crippen molar-refractivity contribution >= 4 is 17.0 Å². The van der Waals surface area contributed by atoms with Crippen molar-refractivity contribution in [3.8, 4) is 0 Å². The third-order valence-corrected chi connectivity index (χ3v) is 3.31. The van der Waals surface area contributed by atoms with E-state index in [2.05, 4.69) is 36.9 Å². The van der Waals surface area contributed by atoms with Gasteiger partial charge in [0.05, 0.1) is 0 Å². The average Bonchev–Trinajstić information content (AvgIpc) is 2.48. The van der Waals surface area contributed by atoms with Crippen molar-refractivity contribution in [1.29, 1.82) is 0 Å². The molecule has 2 aromatic carbocycles. The van der Waals surface area contributed by atoms with E-state index in [9.17, 15) is 4.79 Å². The van der Waals surface area contributed by atoms with Crippen molar-refractivity contribution in [2.24, 2.45) is 0 Å². The van der Waals surface area contributed by atoms with Gasteiger partial charge in [0.15, 0.2) is 0 Å². The summed E-state index contributed by atoms with van der Waals surface area (Å²) in [6.07, 6.45) is 2.69. The lowest BCUT2D eigenvalue weighted by atomic mass is 10.0. The zero-order chi connectivity index (χ0) is 13.9. The largest absolute Gasteiger partial charge is 0.423 e. The highest BCUT2D eigenvalue weighted by Crippen LogP contribution is 2.17. The molecule has 0 atom stereocenters. The van der Waals surface area contributed by atoms with Crippen LogP contribution >= 0.6 is 0 Å². The molecule has 0 aliphatic heterocycles. The first kappa shape index (κ1) is 12.4. The second kappa shape index (κ2) is 5.17. The Kier molecular flexibility index (Phi) is 3.21. The van der Waals surface area contributed by atoms with Gasteiger partial charge < -0.3 is 4.42 Å². The quantitative estimate of drug-likeness (QED) is 0.667. The monoisotopic (exact) mass is 262 g/mol. The molecule has 0 bridgehead atoms. The van der Waals surface area contributed by atoms with Crippen LogP contribution in [0.5, 0.6) is 0 Å². The van der Waals surface area contributed by atoms with Gasteiger partial charge in [-0.2, -0.15) is 0 Å². The molecule has 0 spiro atoms. The highest BCUT2D eigenvalue weighted by atomic mass is 16.4. The van der Waals surface area contributed by atoms with E-state index in [0.29, 0.717) is 5.58 Å². The Morgan fingerprint density at radius 3 is 2.45 bits per heavy atom. The third kappa shape index (κ3) is 2.54. The SMILES string of the molecule is C=Cc1ccc(Cc2ccc3oc(=O)ccc3c2)cc1. The van der Waals surface area contributed by atoms with E-state index in [4.69, 9.17) is 4.42 Å². The minimum atomic E-state index is -0.315. The van der Waals surface area contributed by atoms with Crippen molar-refractivity contribution < 1.29 is 4.42 Å². The van der Waals surface area contributed by atoms with Crippen LogP contribution in [-0.4, -0.2) is 0 Å². The van der Waals surface area contributed by atoms with Crippen LogP contribution in [0.3, 0.4) is 0 Å². The first-order chi connectivity index (χ1) is 9.74. The van der Waals surface area contributed by atoms with E-state index in [1.54, 1.807) is 6.07 Å². The summed E-state index contributed by atoms with van der Waals surface area (Å²) < 4.78 is 5.13. The molecule has 20 heavy (non-hydrogen) atoms. The zero-order valence-corrected chi connectivity index (χ0v) is 11.0. The molecule has 0 unspecified atom stereocenters. The molecule has 3 rings (SSSR count). The van der Waals surface area contributed by atoms with Crippen molar-refractivity contribution in [3.05, 3.63) is 88.3 Å². The summed E-state index contributed by atoms with van der Waals surface area (Å²) in [4.78, 5) is 11.1. The fraction of sp³-hybridized carbons (Fsp3) is 0.0556. The molecule has 1 heterocycles. The first-order valence-electron chi connectivity index (χ1n) is 6.49. The van der Waals surface area contributed by atoms with Gasteiger partial charge in [0.1, 0.15) is 5.58 Å². The number of hydrogen-bond acceptors (Lipinski definition) is 2. The molecule has 0 N–H and O–H groups in total. The van der Waals surface area contributed by atoms with E-state index >= 15 is 0 Å². The van der Waals surface area contributed by atoms with E-state index in [-0.39, 0.29) is 5.63 Å². The molecule has 0 saturated carbocycles. The normalized spacial score (nSPS) is 10.6. The Morgan fingerprint density at radius 1 is 0.950 bits per heavy atom. The van der Waals surface area contributed by atoms with Gasteiger partial charge in [0, 0.05) is 11.5 Å². The van der Waals surface area contributed by atoms with E-state index in [1.165, 1.54) is 17.2 Å². The fourth-order valence-electron chi connectivity index (χ4n) is 2.24. The fourth-order valence-corrected chi connectivity index (χ4v) is 2.24. The molecule has 0 saturated heterocycles. The summed E-state index contributed by atoms with van der Waals surface area (Å²) >= 11 is 0. The minimum absolute atomic E-state index is 0.315. The van der Waals surface area contributed by atoms with Crippen LogP contribution in [0, 0.1) is 0 Å². The number of hydrogen-bond donors (Lipinski definition) is 0. The molecule has 0 aliphatic carbocycles. The number of rotatable bonds is 3. The Bertz CT molecular complexity index is 811. The van der Waals surface area contributed by atoms with Crippen molar-refractivity contribution in [1.82, 2.24) is 0 Å². The smallest absolute Gasteiger partial charge is 0.336 e. The maximum absolute atomic E-state index is 11.1. The molecule has 0 aliphatic rings. The van der Waals surface area contributed by atoms with Gasteiger partial charge in [-0.15, -0.1) is 0 Å². The number of fused-ring (bicyclic) bond motifs is 1. The van der Waals surface area contributed by atoms with Crippen molar-refractivity contribution in [3.63, 3.8) is 0 Å². The molecular weight excluding hydrogens is 248 g/mol. The second-order valence-corrected chi connectivity index (χ2v) is 4.75. The highest BCUT2D eigenvalue weighted by molar-refractivity contribution is 5.77. The van der Waals surface area contributed by atoms with Crippen LogP contribution in [0.25, 0.3) is 17.0 Å². The van der Waals surface area contributed by atoms with Crippen LogP contribution in [0.1, 0.15) is 16.7 Å². The number of benzene rings is 2. The molecule has 2 nitrogen and oxygen atoms in total. The van der Waals surface area contributed by atoms with E-state index < -0.39 is 0 Å². The summed E-state index contributed by atoms with van der Waals surface area (Å²) in [6.45, 7) is 3.75. The van der Waals surface area contributed by atoms with Crippen LogP contribution in [-0.2, 0) is 6.42 Å². The Balaban J connectivity index is 1.91. The zero-order valence-electron chi connectivity index (χ0n) is 11.0. The maximum atomic E-state index is 11.1. The van der Waals surface area contributed by atoms with Gasteiger partial charge in [0.25, 0.3) is 0 Å².